The molecule has 1 aliphatic rings. The van der Waals surface area contributed by atoms with E-state index in [1.54, 1.807) is 0 Å². The molecule has 0 aliphatic carbocycles. The van der Waals surface area contributed by atoms with Gasteiger partial charge in [0, 0.05) is 54.8 Å². The molecule has 0 atom stereocenters. The minimum atomic E-state index is 1.01. The van der Waals surface area contributed by atoms with Gasteiger partial charge >= 0.3 is 0 Å². The molecule has 1 aromatic heterocycles. The van der Waals surface area contributed by atoms with Crippen LogP contribution in [-0.2, 0) is 0 Å². The highest BCUT2D eigenvalue weighted by atomic mass is 15.2. The minimum absolute atomic E-state index is 1.01. The predicted molar refractivity (Wildman–Crippen MR) is 96.6 cm³/mol. The van der Waals surface area contributed by atoms with E-state index in [0.29, 0.717) is 0 Å². The van der Waals surface area contributed by atoms with E-state index in [9.17, 15) is 0 Å². The average molecular weight is 304 g/mol. The van der Waals surface area contributed by atoms with Crippen LogP contribution in [0.2, 0.25) is 0 Å². The zero-order valence-electron chi connectivity index (χ0n) is 13.0. The van der Waals surface area contributed by atoms with E-state index in [1.165, 1.54) is 5.69 Å². The number of nitrogens with zero attached hydrogens (tertiary/aromatic N) is 2. The zero-order chi connectivity index (χ0) is 15.5. The lowest BCUT2D eigenvalue weighted by atomic mass is 10.1. The molecular weight excluding hydrogens is 284 g/mol. The van der Waals surface area contributed by atoms with Gasteiger partial charge in [-0.2, -0.15) is 0 Å². The van der Waals surface area contributed by atoms with Gasteiger partial charge in [0.1, 0.15) is 0 Å². The molecule has 1 fully saturated rings. The van der Waals surface area contributed by atoms with E-state index in [0.717, 1.165) is 48.5 Å². The number of aromatic nitrogens is 1. The van der Waals surface area contributed by atoms with Gasteiger partial charge in [0.05, 0.1) is 5.52 Å². The van der Waals surface area contributed by atoms with E-state index < -0.39 is 0 Å². The van der Waals surface area contributed by atoms with Crippen molar-refractivity contribution in [3.8, 4) is 0 Å². The van der Waals surface area contributed by atoms with Crippen molar-refractivity contribution in [1.82, 2.24) is 10.3 Å². The molecule has 4 rings (SSSR count). The van der Waals surface area contributed by atoms with Gasteiger partial charge in [-0.25, -0.2) is 0 Å². The van der Waals surface area contributed by atoms with Crippen molar-refractivity contribution in [3.63, 3.8) is 0 Å². The van der Waals surface area contributed by atoms with Crippen molar-refractivity contribution in [2.75, 3.05) is 36.4 Å². The number of anilines is 3. The molecule has 23 heavy (non-hydrogen) atoms. The lowest BCUT2D eigenvalue weighted by Crippen LogP contribution is -2.43. The van der Waals surface area contributed by atoms with E-state index in [-0.39, 0.29) is 0 Å². The van der Waals surface area contributed by atoms with E-state index in [4.69, 9.17) is 0 Å². The number of fused-ring (bicyclic) bond motifs is 1. The number of piperazine rings is 1. The molecule has 3 aromatic rings. The molecule has 1 saturated heterocycles. The lowest BCUT2D eigenvalue weighted by molar-refractivity contribution is 0.589. The van der Waals surface area contributed by atoms with Crippen LogP contribution in [0, 0.1) is 0 Å². The Balaban J connectivity index is 1.56. The summed E-state index contributed by atoms with van der Waals surface area (Å²) in [6.45, 7) is 4.26. The van der Waals surface area contributed by atoms with Gasteiger partial charge in [0.25, 0.3) is 0 Å². The van der Waals surface area contributed by atoms with Crippen LogP contribution in [0.4, 0.5) is 17.1 Å². The molecule has 116 valence electrons. The third-order valence-corrected chi connectivity index (χ3v) is 4.28. The number of pyridine rings is 1. The second-order valence-electron chi connectivity index (χ2n) is 5.78. The number of hydrogen-bond acceptors (Lipinski definition) is 4. The summed E-state index contributed by atoms with van der Waals surface area (Å²) in [5.41, 5.74) is 4.48. The molecule has 0 bridgehead atoms. The Kier molecular flexibility index (Phi) is 3.82. The van der Waals surface area contributed by atoms with Gasteiger partial charge < -0.3 is 15.5 Å². The maximum Gasteiger partial charge on any atom is 0.0722 e. The summed E-state index contributed by atoms with van der Waals surface area (Å²) in [4.78, 5) is 6.82. The molecule has 0 amide bonds. The van der Waals surface area contributed by atoms with Crippen LogP contribution in [0.15, 0.2) is 60.8 Å². The van der Waals surface area contributed by atoms with Crippen molar-refractivity contribution >= 4 is 28.0 Å². The Morgan fingerprint density at radius 2 is 1.70 bits per heavy atom. The second-order valence-corrected chi connectivity index (χ2v) is 5.78. The van der Waals surface area contributed by atoms with Crippen molar-refractivity contribution in [1.29, 1.82) is 0 Å². The Morgan fingerprint density at radius 1 is 0.913 bits per heavy atom. The van der Waals surface area contributed by atoms with Crippen LogP contribution >= 0.6 is 0 Å². The Labute approximate surface area is 136 Å². The highest BCUT2D eigenvalue weighted by molar-refractivity contribution is 5.92. The van der Waals surface area contributed by atoms with Crippen LogP contribution in [0.3, 0.4) is 0 Å². The first-order chi connectivity index (χ1) is 11.4. The number of benzene rings is 2. The maximum atomic E-state index is 4.41. The summed E-state index contributed by atoms with van der Waals surface area (Å²) in [5, 5.41) is 8.03. The zero-order valence-corrected chi connectivity index (χ0v) is 13.0. The molecule has 0 spiro atoms. The largest absolute Gasteiger partial charge is 0.369 e. The first kappa shape index (κ1) is 14.0. The van der Waals surface area contributed by atoms with Crippen molar-refractivity contribution in [2.45, 2.75) is 0 Å². The normalized spacial score (nSPS) is 14.9. The van der Waals surface area contributed by atoms with Gasteiger partial charge in [-0.15, -0.1) is 0 Å². The Hall–Kier alpha value is -2.59. The summed E-state index contributed by atoms with van der Waals surface area (Å²) in [6.07, 6.45) is 1.85. The fourth-order valence-electron chi connectivity index (χ4n) is 3.04. The summed E-state index contributed by atoms with van der Waals surface area (Å²) < 4.78 is 0. The molecule has 1 aliphatic heterocycles. The highest BCUT2D eigenvalue weighted by Crippen LogP contribution is 2.26. The molecule has 0 saturated carbocycles. The minimum Gasteiger partial charge on any atom is -0.369 e. The first-order valence-electron chi connectivity index (χ1n) is 8.07. The number of nitrogens with one attached hydrogen (secondary N) is 2. The van der Waals surface area contributed by atoms with Crippen LogP contribution in [0.5, 0.6) is 0 Å². The monoisotopic (exact) mass is 304 g/mol. The molecule has 2 heterocycles. The van der Waals surface area contributed by atoms with Crippen molar-refractivity contribution in [2.24, 2.45) is 0 Å². The summed E-state index contributed by atoms with van der Waals surface area (Å²) in [6, 6.07) is 18.9. The predicted octanol–water partition coefficient (Wildman–Crippen LogP) is 3.39. The fraction of sp³-hybridized carbons (Fsp3) is 0.211. The quantitative estimate of drug-likeness (QED) is 0.778. The van der Waals surface area contributed by atoms with Crippen LogP contribution in [-0.4, -0.2) is 31.2 Å². The summed E-state index contributed by atoms with van der Waals surface area (Å²) in [7, 11) is 0. The molecule has 4 heteroatoms. The van der Waals surface area contributed by atoms with E-state index in [2.05, 4.69) is 50.8 Å². The third-order valence-electron chi connectivity index (χ3n) is 4.28. The van der Waals surface area contributed by atoms with Gasteiger partial charge in [0.15, 0.2) is 0 Å². The van der Waals surface area contributed by atoms with Gasteiger partial charge in [-0.3, -0.25) is 4.98 Å². The Bertz CT molecular complexity index is 787. The molecule has 0 radical (unpaired) electrons. The Morgan fingerprint density at radius 3 is 2.52 bits per heavy atom. The summed E-state index contributed by atoms with van der Waals surface area (Å²) in [5.74, 6) is 0. The van der Waals surface area contributed by atoms with Crippen LogP contribution in [0.25, 0.3) is 10.9 Å². The van der Waals surface area contributed by atoms with Crippen molar-refractivity contribution < 1.29 is 0 Å². The molecule has 4 nitrogen and oxygen atoms in total. The molecular formula is C19H20N4. The van der Waals surface area contributed by atoms with Gasteiger partial charge in [-0.05, 0) is 36.4 Å². The smallest absolute Gasteiger partial charge is 0.0722 e. The number of hydrogen-bond donors (Lipinski definition) is 2. The van der Waals surface area contributed by atoms with Crippen LogP contribution < -0.4 is 15.5 Å². The van der Waals surface area contributed by atoms with Gasteiger partial charge in [0.2, 0.25) is 0 Å². The molecule has 0 unspecified atom stereocenters. The highest BCUT2D eigenvalue weighted by Gasteiger charge is 2.10. The topological polar surface area (TPSA) is 40.2 Å². The van der Waals surface area contributed by atoms with Gasteiger partial charge in [-0.1, -0.05) is 18.2 Å². The lowest BCUT2D eigenvalue weighted by Gasteiger charge is -2.29. The molecule has 2 N–H and O–H groups in total. The van der Waals surface area contributed by atoms with Crippen LogP contribution in [0.1, 0.15) is 0 Å². The van der Waals surface area contributed by atoms with E-state index >= 15 is 0 Å². The van der Waals surface area contributed by atoms with E-state index in [1.807, 2.05) is 30.5 Å². The second kappa shape index (κ2) is 6.26. The third kappa shape index (κ3) is 2.98. The average Bonchev–Trinajstić information content (AvgIpc) is 2.63. The SMILES string of the molecule is c1ccc2c(Nc3ccc(N4CCNCC4)cc3)ccnc2c1. The number of rotatable bonds is 3. The maximum absolute atomic E-state index is 4.41. The number of para-hydroxylation sites is 1. The molecule has 2 aromatic carbocycles. The first-order valence-corrected chi connectivity index (χ1v) is 8.07. The summed E-state index contributed by atoms with van der Waals surface area (Å²) >= 11 is 0. The standard InChI is InChI=1S/C19H20N4/c1-2-4-18-17(3-1)19(9-10-21-18)22-15-5-7-16(8-6-15)23-13-11-20-12-14-23/h1-10,20H,11-14H2,(H,21,22). The van der Waals surface area contributed by atoms with Crippen molar-refractivity contribution in [3.05, 3.63) is 60.8 Å². The fourth-order valence-corrected chi connectivity index (χ4v) is 3.04.